The van der Waals surface area contributed by atoms with Gasteiger partial charge >= 0.3 is 0 Å². The van der Waals surface area contributed by atoms with Gasteiger partial charge in [0.25, 0.3) is 0 Å². The maximum absolute atomic E-state index is 9.08. The Labute approximate surface area is 108 Å². The Morgan fingerprint density at radius 3 is 2.50 bits per heavy atom. The molecule has 0 radical (unpaired) electrons. The number of nitriles is 1. The molecular weight excluding hydrogens is 222 g/mol. The van der Waals surface area contributed by atoms with E-state index in [2.05, 4.69) is 19.9 Å². The lowest BCUT2D eigenvalue weighted by Crippen LogP contribution is -2.01. The molecule has 0 atom stereocenters. The van der Waals surface area contributed by atoms with Crippen LogP contribution in [0.25, 0.3) is 10.8 Å². The molecule has 0 aromatic heterocycles. The summed E-state index contributed by atoms with van der Waals surface area (Å²) in [5.74, 6) is 1.50. The van der Waals surface area contributed by atoms with Crippen LogP contribution in [0.4, 0.5) is 0 Å². The van der Waals surface area contributed by atoms with Gasteiger partial charge in [0.15, 0.2) is 0 Å². The van der Waals surface area contributed by atoms with Gasteiger partial charge in [0.05, 0.1) is 18.2 Å². The molecule has 0 amide bonds. The molecule has 2 heteroatoms. The Balaban J connectivity index is 2.32. The number of hydrogen-bond donors (Lipinski definition) is 0. The molecular formula is C16H17NO. The lowest BCUT2D eigenvalue weighted by atomic mass is 10.0. The van der Waals surface area contributed by atoms with E-state index in [9.17, 15) is 0 Å². The van der Waals surface area contributed by atoms with Crippen LogP contribution in [0.1, 0.15) is 25.8 Å². The molecule has 2 nitrogen and oxygen atoms in total. The number of hydrogen-bond acceptors (Lipinski definition) is 2. The summed E-state index contributed by atoms with van der Waals surface area (Å²) in [4.78, 5) is 0. The van der Waals surface area contributed by atoms with Crippen LogP contribution in [-0.2, 0) is 0 Å². The van der Waals surface area contributed by atoms with Crippen LogP contribution < -0.4 is 4.74 Å². The molecule has 0 aliphatic rings. The highest BCUT2D eigenvalue weighted by Gasteiger charge is 2.06. The lowest BCUT2D eigenvalue weighted by molar-refractivity contribution is 0.292. The molecule has 92 valence electrons. The van der Waals surface area contributed by atoms with Gasteiger partial charge in [-0.2, -0.15) is 5.26 Å². The summed E-state index contributed by atoms with van der Waals surface area (Å²) in [5, 5.41) is 11.1. The summed E-state index contributed by atoms with van der Waals surface area (Å²) in [5.41, 5.74) is 0.696. The van der Waals surface area contributed by atoms with E-state index in [1.165, 1.54) is 0 Å². The van der Waals surface area contributed by atoms with Gasteiger partial charge in [-0.15, -0.1) is 0 Å². The van der Waals surface area contributed by atoms with Crippen molar-refractivity contribution in [3.05, 3.63) is 42.0 Å². The van der Waals surface area contributed by atoms with E-state index in [1.54, 1.807) is 0 Å². The Morgan fingerprint density at radius 2 is 1.83 bits per heavy atom. The average molecular weight is 239 g/mol. The third-order valence-electron chi connectivity index (χ3n) is 2.96. The fraction of sp³-hybridized carbons (Fsp3) is 0.312. The normalized spacial score (nSPS) is 10.6. The summed E-state index contributed by atoms with van der Waals surface area (Å²) >= 11 is 0. The molecule has 0 N–H and O–H groups in total. The average Bonchev–Trinajstić information content (AvgIpc) is 2.38. The lowest BCUT2D eigenvalue weighted by Gasteiger charge is -2.11. The zero-order valence-electron chi connectivity index (χ0n) is 10.8. The van der Waals surface area contributed by atoms with Crippen molar-refractivity contribution in [3.63, 3.8) is 0 Å². The van der Waals surface area contributed by atoms with Crippen molar-refractivity contribution < 1.29 is 4.74 Å². The Bertz CT molecular complexity index is 581. The molecule has 0 saturated heterocycles. The molecule has 0 aliphatic heterocycles. The zero-order valence-corrected chi connectivity index (χ0v) is 10.8. The number of ether oxygens (including phenoxy) is 1. The number of rotatable bonds is 4. The molecule has 0 saturated carbocycles. The summed E-state index contributed by atoms with van der Waals surface area (Å²) in [7, 11) is 0. The third-order valence-corrected chi connectivity index (χ3v) is 2.96. The summed E-state index contributed by atoms with van der Waals surface area (Å²) < 4.78 is 5.82. The molecule has 0 heterocycles. The monoisotopic (exact) mass is 239 g/mol. The van der Waals surface area contributed by atoms with E-state index in [0.717, 1.165) is 22.9 Å². The van der Waals surface area contributed by atoms with E-state index in [1.807, 2.05) is 36.4 Å². The molecule has 0 unspecified atom stereocenters. The SMILES string of the molecule is CC(C)CCOc1ccc(C#N)c2ccccc12. The smallest absolute Gasteiger partial charge is 0.127 e. The fourth-order valence-electron chi connectivity index (χ4n) is 1.90. The topological polar surface area (TPSA) is 33.0 Å². The molecule has 2 aromatic carbocycles. The van der Waals surface area contributed by atoms with Crippen molar-refractivity contribution in [3.8, 4) is 11.8 Å². The van der Waals surface area contributed by atoms with Crippen molar-refractivity contribution in [1.82, 2.24) is 0 Å². The highest BCUT2D eigenvalue weighted by Crippen LogP contribution is 2.28. The maximum Gasteiger partial charge on any atom is 0.127 e. The second kappa shape index (κ2) is 5.55. The van der Waals surface area contributed by atoms with Gasteiger partial charge in [-0.3, -0.25) is 0 Å². The highest BCUT2D eigenvalue weighted by molar-refractivity contribution is 5.92. The van der Waals surface area contributed by atoms with Gasteiger partial charge in [-0.05, 0) is 24.5 Å². The molecule has 0 fully saturated rings. The number of benzene rings is 2. The summed E-state index contributed by atoms with van der Waals surface area (Å²) in [6.45, 7) is 5.08. The molecule has 2 rings (SSSR count). The third kappa shape index (κ3) is 2.62. The van der Waals surface area contributed by atoms with Crippen LogP contribution in [-0.4, -0.2) is 6.61 Å². The van der Waals surface area contributed by atoms with E-state index < -0.39 is 0 Å². The van der Waals surface area contributed by atoms with E-state index >= 15 is 0 Å². The van der Waals surface area contributed by atoms with Gasteiger partial charge in [-0.25, -0.2) is 0 Å². The second-order valence-electron chi connectivity index (χ2n) is 4.80. The zero-order chi connectivity index (χ0) is 13.0. The highest BCUT2D eigenvalue weighted by atomic mass is 16.5. The van der Waals surface area contributed by atoms with Crippen molar-refractivity contribution >= 4 is 10.8 Å². The summed E-state index contributed by atoms with van der Waals surface area (Å²) in [6.07, 6.45) is 1.04. The van der Waals surface area contributed by atoms with Crippen LogP contribution in [0.2, 0.25) is 0 Å². The first-order chi connectivity index (χ1) is 8.72. The first-order valence-electron chi connectivity index (χ1n) is 6.27. The number of nitrogens with zero attached hydrogens (tertiary/aromatic N) is 1. The Hall–Kier alpha value is -2.01. The predicted molar refractivity (Wildman–Crippen MR) is 73.6 cm³/mol. The molecule has 0 aliphatic carbocycles. The second-order valence-corrected chi connectivity index (χ2v) is 4.80. The van der Waals surface area contributed by atoms with Crippen LogP contribution in [0, 0.1) is 17.2 Å². The molecule has 0 spiro atoms. The van der Waals surface area contributed by atoms with Crippen LogP contribution in [0.5, 0.6) is 5.75 Å². The van der Waals surface area contributed by atoms with E-state index in [0.29, 0.717) is 18.1 Å². The largest absolute Gasteiger partial charge is 0.493 e. The van der Waals surface area contributed by atoms with Crippen molar-refractivity contribution in [2.24, 2.45) is 5.92 Å². The van der Waals surface area contributed by atoms with E-state index in [-0.39, 0.29) is 0 Å². The van der Waals surface area contributed by atoms with Crippen LogP contribution in [0.15, 0.2) is 36.4 Å². The summed E-state index contributed by atoms with van der Waals surface area (Å²) in [6, 6.07) is 13.8. The minimum Gasteiger partial charge on any atom is -0.493 e. The quantitative estimate of drug-likeness (QED) is 0.803. The van der Waals surface area contributed by atoms with Crippen molar-refractivity contribution in [1.29, 1.82) is 5.26 Å². The van der Waals surface area contributed by atoms with Crippen LogP contribution >= 0.6 is 0 Å². The van der Waals surface area contributed by atoms with Gasteiger partial charge < -0.3 is 4.74 Å². The Kier molecular flexibility index (Phi) is 3.84. The van der Waals surface area contributed by atoms with Crippen molar-refractivity contribution in [2.45, 2.75) is 20.3 Å². The minimum absolute atomic E-state index is 0.634. The molecule has 18 heavy (non-hydrogen) atoms. The minimum atomic E-state index is 0.634. The first kappa shape index (κ1) is 12.4. The fourth-order valence-corrected chi connectivity index (χ4v) is 1.90. The first-order valence-corrected chi connectivity index (χ1v) is 6.27. The van der Waals surface area contributed by atoms with Gasteiger partial charge in [0.2, 0.25) is 0 Å². The number of fused-ring (bicyclic) bond motifs is 1. The van der Waals surface area contributed by atoms with Gasteiger partial charge in [0, 0.05) is 10.8 Å². The van der Waals surface area contributed by atoms with Gasteiger partial charge in [0.1, 0.15) is 5.75 Å². The molecule has 2 aromatic rings. The standard InChI is InChI=1S/C16H17NO/c1-12(2)9-10-18-16-8-7-13(11-17)14-5-3-4-6-15(14)16/h3-8,12H,9-10H2,1-2H3. The van der Waals surface area contributed by atoms with E-state index in [4.69, 9.17) is 10.00 Å². The Morgan fingerprint density at radius 1 is 1.11 bits per heavy atom. The van der Waals surface area contributed by atoms with Crippen LogP contribution in [0.3, 0.4) is 0 Å². The predicted octanol–water partition coefficient (Wildman–Crippen LogP) is 4.14. The molecule has 0 bridgehead atoms. The maximum atomic E-state index is 9.08. The van der Waals surface area contributed by atoms with Crippen molar-refractivity contribution in [2.75, 3.05) is 6.61 Å². The van der Waals surface area contributed by atoms with Gasteiger partial charge in [-0.1, -0.05) is 38.1 Å².